The van der Waals surface area contributed by atoms with E-state index < -0.39 is 17.6 Å². The van der Waals surface area contributed by atoms with Gasteiger partial charge >= 0.3 is 6.03 Å². The lowest BCUT2D eigenvalue weighted by Gasteiger charge is -2.63. The van der Waals surface area contributed by atoms with Crippen LogP contribution in [-0.4, -0.2) is 63.1 Å². The van der Waals surface area contributed by atoms with Crippen molar-refractivity contribution in [2.45, 2.75) is 62.7 Å². The second kappa shape index (κ2) is 7.44. The highest BCUT2D eigenvalue weighted by molar-refractivity contribution is 5.77. The maximum Gasteiger partial charge on any atom is 0.320 e. The largest absolute Gasteiger partial charge is 0.323 e. The standard InChI is InChI=1S/C26H29F4N5O/c27-19-2-1-16(20(28)4-19)3-15-5-24(6-15)11-34(12-24)23(36)35-13-25(14-35)7-17(8-25)21-31-22(33-32-21)18-9-26(29,30)10-18/h1-2,4,15,17-18H,3,5-14H2,(H,31,32,33). The van der Waals surface area contributed by atoms with Crippen LogP contribution in [0, 0.1) is 28.4 Å². The molecule has 2 aliphatic heterocycles. The summed E-state index contributed by atoms with van der Waals surface area (Å²) in [5.74, 6) is -1.90. The third kappa shape index (κ3) is 3.62. The number of H-pyrrole nitrogens is 1. The molecule has 1 aromatic heterocycles. The predicted molar refractivity (Wildman–Crippen MR) is 121 cm³/mol. The zero-order chi connectivity index (χ0) is 24.9. The zero-order valence-corrected chi connectivity index (χ0v) is 20.0. The van der Waals surface area contributed by atoms with Gasteiger partial charge in [0.25, 0.3) is 0 Å². The van der Waals surface area contributed by atoms with Crippen LogP contribution in [0.15, 0.2) is 18.2 Å². The molecule has 7 rings (SSSR count). The van der Waals surface area contributed by atoms with Gasteiger partial charge in [-0.25, -0.2) is 27.3 Å². The minimum Gasteiger partial charge on any atom is -0.323 e. The molecule has 3 heterocycles. The number of likely N-dealkylation sites (tertiary alicyclic amines) is 2. The molecule has 2 spiro atoms. The van der Waals surface area contributed by atoms with E-state index >= 15 is 0 Å². The van der Waals surface area contributed by atoms with Crippen LogP contribution in [0.4, 0.5) is 22.4 Å². The molecule has 36 heavy (non-hydrogen) atoms. The van der Waals surface area contributed by atoms with Crippen molar-refractivity contribution in [3.63, 3.8) is 0 Å². The quantitative estimate of drug-likeness (QED) is 0.607. The lowest BCUT2D eigenvalue weighted by atomic mass is 9.56. The molecule has 0 radical (unpaired) electrons. The third-order valence-electron chi connectivity index (χ3n) is 9.33. The number of nitrogens with one attached hydrogen (secondary N) is 1. The number of nitrogens with zero attached hydrogens (tertiary/aromatic N) is 4. The molecule has 5 fully saturated rings. The van der Waals surface area contributed by atoms with E-state index in [9.17, 15) is 22.4 Å². The molecule has 6 nitrogen and oxygen atoms in total. The molecular formula is C26H29F4N5O. The van der Waals surface area contributed by atoms with Gasteiger partial charge in [-0.3, -0.25) is 5.10 Å². The Balaban J connectivity index is 0.843. The monoisotopic (exact) mass is 503 g/mol. The first-order valence-electron chi connectivity index (χ1n) is 12.9. The van der Waals surface area contributed by atoms with Gasteiger partial charge in [0.05, 0.1) is 0 Å². The van der Waals surface area contributed by atoms with Crippen molar-refractivity contribution in [2.24, 2.45) is 16.7 Å². The number of carbonyl (C=O) groups excluding carboxylic acids is 1. The van der Waals surface area contributed by atoms with Gasteiger partial charge in [-0.15, -0.1) is 0 Å². The second-order valence-corrected chi connectivity index (χ2v) is 12.4. The molecule has 1 aromatic carbocycles. The molecule has 2 aromatic rings. The first kappa shape index (κ1) is 22.5. The van der Waals surface area contributed by atoms with E-state index in [2.05, 4.69) is 15.2 Å². The van der Waals surface area contributed by atoms with Crippen molar-refractivity contribution in [1.29, 1.82) is 0 Å². The van der Waals surface area contributed by atoms with Crippen LogP contribution in [0.25, 0.3) is 0 Å². The van der Waals surface area contributed by atoms with E-state index in [4.69, 9.17) is 0 Å². The Hall–Kier alpha value is -2.65. The van der Waals surface area contributed by atoms with E-state index in [0.717, 1.165) is 63.8 Å². The van der Waals surface area contributed by atoms with Gasteiger partial charge in [-0.2, -0.15) is 5.10 Å². The maximum absolute atomic E-state index is 13.9. The normalized spacial score (nSPS) is 26.2. The molecule has 3 aliphatic carbocycles. The van der Waals surface area contributed by atoms with Crippen molar-refractivity contribution in [3.8, 4) is 0 Å². The number of aromatic nitrogens is 3. The summed E-state index contributed by atoms with van der Waals surface area (Å²) in [4.78, 5) is 21.3. The smallest absolute Gasteiger partial charge is 0.320 e. The maximum atomic E-state index is 13.9. The Kier molecular flexibility index (Phi) is 4.66. The van der Waals surface area contributed by atoms with Gasteiger partial charge in [-0.1, -0.05) is 6.07 Å². The van der Waals surface area contributed by atoms with Gasteiger partial charge in [0, 0.05) is 67.8 Å². The van der Waals surface area contributed by atoms with Gasteiger partial charge in [0.1, 0.15) is 17.5 Å². The van der Waals surface area contributed by atoms with Crippen LogP contribution in [0.5, 0.6) is 0 Å². The molecule has 10 heteroatoms. The molecule has 3 saturated carbocycles. The number of hydrogen-bond donors (Lipinski definition) is 1. The molecule has 0 atom stereocenters. The molecule has 192 valence electrons. The van der Waals surface area contributed by atoms with E-state index in [1.807, 2.05) is 9.80 Å². The molecule has 5 aliphatic rings. The fourth-order valence-corrected chi connectivity index (χ4v) is 7.50. The van der Waals surface area contributed by atoms with Crippen LogP contribution in [0.1, 0.15) is 67.6 Å². The summed E-state index contributed by atoms with van der Waals surface area (Å²) in [5, 5.41) is 7.13. The van der Waals surface area contributed by atoms with Crippen molar-refractivity contribution >= 4 is 6.03 Å². The molecule has 2 saturated heterocycles. The molecule has 2 amide bonds. The van der Waals surface area contributed by atoms with E-state index in [-0.39, 0.29) is 41.5 Å². The fourth-order valence-electron chi connectivity index (χ4n) is 7.50. The highest BCUT2D eigenvalue weighted by atomic mass is 19.3. The van der Waals surface area contributed by atoms with Crippen molar-refractivity contribution in [2.75, 3.05) is 26.2 Å². The van der Waals surface area contributed by atoms with Crippen LogP contribution in [-0.2, 0) is 6.42 Å². The van der Waals surface area contributed by atoms with Crippen LogP contribution in [0.2, 0.25) is 0 Å². The number of aromatic amines is 1. The van der Waals surface area contributed by atoms with E-state index in [0.29, 0.717) is 23.7 Å². The zero-order valence-electron chi connectivity index (χ0n) is 20.0. The third-order valence-corrected chi connectivity index (χ3v) is 9.33. The summed E-state index contributed by atoms with van der Waals surface area (Å²) in [7, 11) is 0. The highest BCUT2D eigenvalue weighted by Gasteiger charge is 2.59. The molecule has 0 unspecified atom stereocenters. The number of alkyl halides is 2. The summed E-state index contributed by atoms with van der Waals surface area (Å²) < 4.78 is 53.3. The highest BCUT2D eigenvalue weighted by Crippen LogP contribution is 2.57. The minimum absolute atomic E-state index is 0.107. The van der Waals surface area contributed by atoms with Crippen LogP contribution < -0.4 is 0 Å². The summed E-state index contributed by atoms with van der Waals surface area (Å²) >= 11 is 0. The number of amides is 2. The Morgan fingerprint density at radius 1 is 0.944 bits per heavy atom. The van der Waals surface area contributed by atoms with Crippen LogP contribution in [0.3, 0.4) is 0 Å². The lowest BCUT2D eigenvalue weighted by Crippen LogP contribution is -2.71. The van der Waals surface area contributed by atoms with Gasteiger partial charge in [0.2, 0.25) is 5.92 Å². The van der Waals surface area contributed by atoms with Crippen molar-refractivity contribution < 1.29 is 22.4 Å². The van der Waals surface area contributed by atoms with Crippen molar-refractivity contribution in [1.82, 2.24) is 25.0 Å². The number of hydrogen-bond acceptors (Lipinski definition) is 3. The average molecular weight is 504 g/mol. The molecule has 1 N–H and O–H groups in total. The number of rotatable bonds is 4. The fraction of sp³-hybridized carbons (Fsp3) is 0.654. The minimum atomic E-state index is -2.58. The number of carbonyl (C=O) groups is 1. The van der Waals surface area contributed by atoms with Gasteiger partial charge in [0.15, 0.2) is 5.82 Å². The number of urea groups is 1. The summed E-state index contributed by atoms with van der Waals surface area (Å²) in [6.07, 6.45) is 4.14. The summed E-state index contributed by atoms with van der Waals surface area (Å²) in [5.41, 5.74) is 0.898. The number of halogens is 4. The summed E-state index contributed by atoms with van der Waals surface area (Å²) in [6, 6.07) is 3.89. The Morgan fingerprint density at radius 3 is 2.19 bits per heavy atom. The molecular weight excluding hydrogens is 474 g/mol. The lowest BCUT2D eigenvalue weighted by molar-refractivity contribution is -0.100. The first-order chi connectivity index (χ1) is 17.1. The number of benzene rings is 1. The Bertz CT molecular complexity index is 1190. The van der Waals surface area contributed by atoms with Gasteiger partial charge in [-0.05, 0) is 49.7 Å². The van der Waals surface area contributed by atoms with E-state index in [1.165, 1.54) is 12.1 Å². The van der Waals surface area contributed by atoms with Crippen LogP contribution >= 0.6 is 0 Å². The molecule has 0 bridgehead atoms. The second-order valence-electron chi connectivity index (χ2n) is 12.4. The SMILES string of the molecule is O=C(N1CC2(CC(Cc3ccc(F)cc3F)C2)C1)N1CC2(CC(c3nc(C4CC(F)(F)C4)n[nH]3)C2)C1. The summed E-state index contributed by atoms with van der Waals surface area (Å²) in [6.45, 7) is 3.05. The first-order valence-corrected chi connectivity index (χ1v) is 12.9. The topological polar surface area (TPSA) is 65.1 Å². The van der Waals surface area contributed by atoms with Crippen molar-refractivity contribution in [3.05, 3.63) is 47.0 Å². The Labute approximate surface area is 206 Å². The Morgan fingerprint density at radius 2 is 1.58 bits per heavy atom. The predicted octanol–water partition coefficient (Wildman–Crippen LogP) is 4.85. The van der Waals surface area contributed by atoms with E-state index in [1.54, 1.807) is 0 Å². The van der Waals surface area contributed by atoms with Gasteiger partial charge < -0.3 is 9.80 Å². The average Bonchev–Trinajstić information content (AvgIpc) is 3.15.